The lowest BCUT2D eigenvalue weighted by atomic mass is 9.89. The zero-order chi connectivity index (χ0) is 13.8. The van der Waals surface area contributed by atoms with Gasteiger partial charge < -0.3 is 15.3 Å². The van der Waals surface area contributed by atoms with Crippen LogP contribution in [0.4, 0.5) is 13.2 Å². The minimum atomic E-state index is -4.45. The van der Waals surface area contributed by atoms with Crippen molar-refractivity contribution < 1.29 is 23.1 Å². The maximum atomic E-state index is 12.4. The van der Waals surface area contributed by atoms with Crippen LogP contribution in [0.2, 0.25) is 0 Å². The molecule has 1 atom stereocenters. The molecule has 1 unspecified atom stereocenters. The van der Waals surface area contributed by atoms with E-state index in [1.807, 2.05) is 0 Å². The summed E-state index contributed by atoms with van der Waals surface area (Å²) in [6, 6.07) is 0. The van der Waals surface area contributed by atoms with E-state index in [-0.39, 0.29) is 6.54 Å². The maximum Gasteiger partial charge on any atom is 0.406 e. The Labute approximate surface area is 104 Å². The Morgan fingerprint density at radius 3 is 2.56 bits per heavy atom. The molecule has 18 heavy (non-hydrogen) atoms. The van der Waals surface area contributed by atoms with Gasteiger partial charge in [0, 0.05) is 6.54 Å². The van der Waals surface area contributed by atoms with Crippen LogP contribution in [0, 0.1) is 0 Å². The van der Waals surface area contributed by atoms with Crippen LogP contribution in [0.25, 0.3) is 0 Å². The Kier molecular flexibility index (Phi) is 4.98. The van der Waals surface area contributed by atoms with Gasteiger partial charge in [-0.2, -0.15) is 13.2 Å². The van der Waals surface area contributed by atoms with Gasteiger partial charge >= 0.3 is 6.18 Å². The molecule has 0 aromatic carbocycles. The minimum Gasteiger partial charge on any atom is -0.395 e. The summed E-state index contributed by atoms with van der Waals surface area (Å²) < 4.78 is 37.2. The van der Waals surface area contributed by atoms with Gasteiger partial charge in [-0.25, -0.2) is 0 Å². The number of hydrogen-bond acceptors (Lipinski definition) is 3. The molecule has 2 N–H and O–H groups in total. The SMILES string of the molecule is CC1(C(=O)N(CCO)CC(F)(F)F)CCCCN1. The largest absolute Gasteiger partial charge is 0.406 e. The predicted molar refractivity (Wildman–Crippen MR) is 60.0 cm³/mol. The fourth-order valence-electron chi connectivity index (χ4n) is 2.18. The maximum absolute atomic E-state index is 12.4. The highest BCUT2D eigenvalue weighted by molar-refractivity contribution is 5.86. The Bertz CT molecular complexity index is 289. The Morgan fingerprint density at radius 2 is 2.11 bits per heavy atom. The molecule has 0 aliphatic carbocycles. The van der Waals surface area contributed by atoms with Gasteiger partial charge in [0.2, 0.25) is 5.91 Å². The number of halogens is 3. The number of aliphatic hydroxyl groups excluding tert-OH is 1. The molecule has 1 fully saturated rings. The molecular weight excluding hydrogens is 249 g/mol. The first-order valence-electron chi connectivity index (χ1n) is 6.00. The first-order chi connectivity index (χ1) is 8.28. The molecule has 106 valence electrons. The number of aliphatic hydroxyl groups is 1. The van der Waals surface area contributed by atoms with Gasteiger partial charge in [-0.15, -0.1) is 0 Å². The molecule has 0 bridgehead atoms. The molecule has 0 aromatic rings. The van der Waals surface area contributed by atoms with Gasteiger partial charge in [-0.3, -0.25) is 4.79 Å². The van der Waals surface area contributed by atoms with Crippen molar-refractivity contribution in [2.24, 2.45) is 0 Å². The first kappa shape index (κ1) is 15.2. The van der Waals surface area contributed by atoms with Crippen LogP contribution >= 0.6 is 0 Å². The van der Waals surface area contributed by atoms with Gasteiger partial charge in [0.15, 0.2) is 0 Å². The van der Waals surface area contributed by atoms with Gasteiger partial charge in [0.1, 0.15) is 6.54 Å². The molecule has 0 saturated carbocycles. The van der Waals surface area contributed by atoms with Crippen LogP contribution < -0.4 is 5.32 Å². The van der Waals surface area contributed by atoms with Gasteiger partial charge in [-0.1, -0.05) is 0 Å². The molecule has 1 rings (SSSR count). The molecule has 1 heterocycles. The number of hydrogen-bond donors (Lipinski definition) is 2. The molecule has 1 amide bonds. The quantitative estimate of drug-likeness (QED) is 0.796. The number of alkyl halides is 3. The zero-order valence-electron chi connectivity index (χ0n) is 10.4. The average Bonchev–Trinajstić information content (AvgIpc) is 2.27. The summed E-state index contributed by atoms with van der Waals surface area (Å²) in [7, 11) is 0. The second-order valence-corrected chi connectivity index (χ2v) is 4.78. The number of nitrogens with one attached hydrogen (secondary N) is 1. The van der Waals surface area contributed by atoms with Crippen molar-refractivity contribution in [3.8, 4) is 0 Å². The van der Waals surface area contributed by atoms with E-state index >= 15 is 0 Å². The van der Waals surface area contributed by atoms with Crippen LogP contribution in [0.15, 0.2) is 0 Å². The second-order valence-electron chi connectivity index (χ2n) is 4.78. The number of carbonyl (C=O) groups excluding carboxylic acids is 1. The highest BCUT2D eigenvalue weighted by atomic mass is 19.4. The van der Waals surface area contributed by atoms with E-state index in [4.69, 9.17) is 5.11 Å². The molecule has 1 aliphatic rings. The van der Waals surface area contributed by atoms with E-state index < -0.39 is 30.8 Å². The van der Waals surface area contributed by atoms with E-state index in [0.29, 0.717) is 17.9 Å². The molecule has 4 nitrogen and oxygen atoms in total. The smallest absolute Gasteiger partial charge is 0.395 e. The summed E-state index contributed by atoms with van der Waals surface area (Å²) in [4.78, 5) is 12.8. The average molecular weight is 268 g/mol. The van der Waals surface area contributed by atoms with Crippen molar-refractivity contribution in [3.63, 3.8) is 0 Å². The summed E-state index contributed by atoms with van der Waals surface area (Å²) in [5.74, 6) is -0.589. The third-order valence-electron chi connectivity index (χ3n) is 3.12. The highest BCUT2D eigenvalue weighted by Gasteiger charge is 2.41. The van der Waals surface area contributed by atoms with Crippen LogP contribution in [0.1, 0.15) is 26.2 Å². The number of piperidine rings is 1. The van der Waals surface area contributed by atoms with Crippen molar-refractivity contribution in [1.29, 1.82) is 0 Å². The van der Waals surface area contributed by atoms with E-state index in [1.54, 1.807) is 6.92 Å². The third-order valence-corrected chi connectivity index (χ3v) is 3.12. The van der Waals surface area contributed by atoms with E-state index in [9.17, 15) is 18.0 Å². The molecule has 0 radical (unpaired) electrons. The van der Waals surface area contributed by atoms with E-state index in [0.717, 1.165) is 12.8 Å². The summed E-state index contributed by atoms with van der Waals surface area (Å²) in [5.41, 5.74) is -0.946. The number of nitrogens with zero attached hydrogens (tertiary/aromatic N) is 1. The standard InChI is InChI=1S/C11H19F3N2O2/c1-10(4-2-3-5-15-10)9(18)16(6-7-17)8-11(12,13)14/h15,17H,2-8H2,1H3. The predicted octanol–water partition coefficient (Wildman–Crippen LogP) is 0.902. The van der Waals surface area contributed by atoms with Crippen molar-refractivity contribution in [3.05, 3.63) is 0 Å². The molecule has 7 heteroatoms. The van der Waals surface area contributed by atoms with Crippen molar-refractivity contribution in [1.82, 2.24) is 10.2 Å². The lowest BCUT2D eigenvalue weighted by molar-refractivity contribution is -0.166. The van der Waals surface area contributed by atoms with E-state index in [2.05, 4.69) is 5.32 Å². The Hall–Kier alpha value is -0.820. The topological polar surface area (TPSA) is 52.6 Å². The molecule has 1 aliphatic heterocycles. The third kappa shape index (κ3) is 4.13. The summed E-state index contributed by atoms with van der Waals surface area (Å²) in [6.07, 6.45) is -2.20. The lowest BCUT2D eigenvalue weighted by Gasteiger charge is -2.38. The highest BCUT2D eigenvalue weighted by Crippen LogP contribution is 2.24. The monoisotopic (exact) mass is 268 g/mol. The number of amides is 1. The Balaban J connectivity index is 2.74. The van der Waals surface area contributed by atoms with Gasteiger partial charge in [-0.05, 0) is 32.7 Å². The fourth-order valence-corrected chi connectivity index (χ4v) is 2.18. The summed E-state index contributed by atoms with van der Waals surface area (Å²) >= 11 is 0. The summed E-state index contributed by atoms with van der Waals surface area (Å²) in [6.45, 7) is 0.160. The molecule has 1 saturated heterocycles. The second kappa shape index (κ2) is 5.88. The van der Waals surface area contributed by atoms with E-state index in [1.165, 1.54) is 0 Å². The minimum absolute atomic E-state index is 0.296. The number of rotatable bonds is 4. The molecule has 0 aromatic heterocycles. The van der Waals surface area contributed by atoms with Crippen LogP contribution in [-0.4, -0.2) is 53.9 Å². The normalized spacial score (nSPS) is 24.9. The van der Waals surface area contributed by atoms with Gasteiger partial charge in [0.05, 0.1) is 12.1 Å². The van der Waals surface area contributed by atoms with Crippen LogP contribution in [0.5, 0.6) is 0 Å². The van der Waals surface area contributed by atoms with Crippen molar-refractivity contribution >= 4 is 5.91 Å². The fraction of sp³-hybridized carbons (Fsp3) is 0.909. The van der Waals surface area contributed by atoms with Crippen molar-refractivity contribution in [2.45, 2.75) is 37.9 Å². The molecular formula is C11H19F3N2O2. The summed E-state index contributed by atoms with van der Waals surface area (Å²) in [5, 5.41) is 11.8. The van der Waals surface area contributed by atoms with Crippen molar-refractivity contribution in [2.75, 3.05) is 26.2 Å². The van der Waals surface area contributed by atoms with Gasteiger partial charge in [0.25, 0.3) is 0 Å². The molecule has 0 spiro atoms. The Morgan fingerprint density at radius 1 is 1.44 bits per heavy atom. The zero-order valence-corrected chi connectivity index (χ0v) is 10.4. The van der Waals surface area contributed by atoms with Crippen LogP contribution in [0.3, 0.4) is 0 Å². The van der Waals surface area contributed by atoms with Crippen LogP contribution in [-0.2, 0) is 4.79 Å². The first-order valence-corrected chi connectivity index (χ1v) is 6.00. The lowest BCUT2D eigenvalue weighted by Crippen LogP contribution is -2.59. The number of carbonyl (C=O) groups is 1.